The van der Waals surface area contributed by atoms with E-state index in [1.807, 2.05) is 0 Å². The molecule has 0 aromatic rings. The lowest BCUT2D eigenvalue weighted by Gasteiger charge is -2.37. The molecule has 4 heteroatoms. The first-order valence-corrected chi connectivity index (χ1v) is 7.34. The molecule has 0 amide bonds. The molecule has 0 bridgehead atoms. The van der Waals surface area contributed by atoms with E-state index in [9.17, 15) is 5.11 Å². The SMILES string of the molecule is C[C@@H]1CN(CCC2CCCC2(O)CN)C[C@H](C)O1. The van der Waals surface area contributed by atoms with E-state index in [0.29, 0.717) is 24.7 Å². The first kappa shape index (κ1) is 14.3. The Balaban J connectivity index is 1.80. The maximum absolute atomic E-state index is 10.4. The number of rotatable bonds is 4. The zero-order valence-corrected chi connectivity index (χ0v) is 11.8. The number of ether oxygens (including phenoxy) is 1. The molecule has 1 saturated carbocycles. The number of aliphatic hydroxyl groups is 1. The minimum atomic E-state index is -0.594. The molecule has 4 nitrogen and oxygen atoms in total. The second kappa shape index (κ2) is 5.87. The average Bonchev–Trinajstić information content (AvgIpc) is 2.68. The molecule has 1 aliphatic heterocycles. The van der Waals surface area contributed by atoms with Crippen LogP contribution in [0.25, 0.3) is 0 Å². The van der Waals surface area contributed by atoms with Crippen LogP contribution in [0.3, 0.4) is 0 Å². The lowest BCUT2D eigenvalue weighted by molar-refractivity contribution is -0.0718. The summed E-state index contributed by atoms with van der Waals surface area (Å²) in [4.78, 5) is 2.47. The highest BCUT2D eigenvalue weighted by Crippen LogP contribution is 2.37. The van der Waals surface area contributed by atoms with Crippen molar-refractivity contribution in [2.45, 2.75) is 57.3 Å². The fraction of sp³-hybridized carbons (Fsp3) is 1.00. The van der Waals surface area contributed by atoms with Gasteiger partial charge in [-0.2, -0.15) is 0 Å². The highest BCUT2D eigenvalue weighted by atomic mass is 16.5. The molecule has 0 aromatic heterocycles. The Hall–Kier alpha value is -0.160. The molecule has 18 heavy (non-hydrogen) atoms. The van der Waals surface area contributed by atoms with Crippen LogP contribution in [0, 0.1) is 5.92 Å². The molecule has 2 aliphatic rings. The Morgan fingerprint density at radius 2 is 2.00 bits per heavy atom. The van der Waals surface area contributed by atoms with E-state index in [1.54, 1.807) is 0 Å². The van der Waals surface area contributed by atoms with Crippen LogP contribution in [0.5, 0.6) is 0 Å². The maximum atomic E-state index is 10.4. The third-order valence-electron chi connectivity index (χ3n) is 4.56. The lowest BCUT2D eigenvalue weighted by Crippen LogP contribution is -2.47. The third-order valence-corrected chi connectivity index (χ3v) is 4.56. The lowest BCUT2D eigenvalue weighted by atomic mass is 9.88. The fourth-order valence-corrected chi connectivity index (χ4v) is 3.61. The second-order valence-corrected chi connectivity index (χ2v) is 6.20. The summed E-state index contributed by atoms with van der Waals surface area (Å²) in [6.07, 6.45) is 4.84. The molecule has 2 fully saturated rings. The van der Waals surface area contributed by atoms with Crippen LogP contribution in [0.4, 0.5) is 0 Å². The minimum Gasteiger partial charge on any atom is -0.388 e. The van der Waals surface area contributed by atoms with Crippen molar-refractivity contribution in [3.8, 4) is 0 Å². The van der Waals surface area contributed by atoms with Gasteiger partial charge in [0.1, 0.15) is 0 Å². The summed E-state index contributed by atoms with van der Waals surface area (Å²) in [5, 5.41) is 10.4. The Morgan fingerprint density at radius 3 is 2.61 bits per heavy atom. The molecular formula is C14H28N2O2. The van der Waals surface area contributed by atoms with Gasteiger partial charge in [0.25, 0.3) is 0 Å². The molecular weight excluding hydrogens is 228 g/mol. The minimum absolute atomic E-state index is 0.325. The van der Waals surface area contributed by atoms with E-state index in [0.717, 1.165) is 45.3 Å². The van der Waals surface area contributed by atoms with Crippen LogP contribution in [-0.2, 0) is 4.74 Å². The Morgan fingerprint density at radius 1 is 1.33 bits per heavy atom. The van der Waals surface area contributed by atoms with Crippen LogP contribution >= 0.6 is 0 Å². The molecule has 0 aromatic carbocycles. The van der Waals surface area contributed by atoms with Crippen LogP contribution < -0.4 is 5.73 Å². The summed E-state index contributed by atoms with van der Waals surface area (Å²) in [7, 11) is 0. The van der Waals surface area contributed by atoms with Gasteiger partial charge in [0.2, 0.25) is 0 Å². The molecule has 0 radical (unpaired) electrons. The number of nitrogens with two attached hydrogens (primary N) is 1. The predicted octanol–water partition coefficient (Wildman–Crippen LogP) is 0.976. The van der Waals surface area contributed by atoms with Gasteiger partial charge in [-0.1, -0.05) is 6.42 Å². The van der Waals surface area contributed by atoms with Gasteiger partial charge in [0.05, 0.1) is 17.8 Å². The van der Waals surface area contributed by atoms with E-state index in [2.05, 4.69) is 18.7 Å². The molecule has 0 spiro atoms. The summed E-state index contributed by atoms with van der Waals surface area (Å²) in [5.41, 5.74) is 5.13. The van der Waals surface area contributed by atoms with Crippen molar-refractivity contribution < 1.29 is 9.84 Å². The molecule has 1 heterocycles. The van der Waals surface area contributed by atoms with Crippen LogP contribution in [-0.4, -0.2) is 54.0 Å². The maximum Gasteiger partial charge on any atom is 0.0797 e. The third kappa shape index (κ3) is 3.23. The van der Waals surface area contributed by atoms with Crippen LogP contribution in [0.2, 0.25) is 0 Å². The fourth-order valence-electron chi connectivity index (χ4n) is 3.61. The summed E-state index contributed by atoms with van der Waals surface area (Å²) in [6, 6.07) is 0. The first-order valence-electron chi connectivity index (χ1n) is 7.34. The number of hydrogen-bond acceptors (Lipinski definition) is 4. The van der Waals surface area contributed by atoms with Crippen LogP contribution in [0.15, 0.2) is 0 Å². The van der Waals surface area contributed by atoms with Crippen molar-refractivity contribution in [2.75, 3.05) is 26.2 Å². The van der Waals surface area contributed by atoms with E-state index in [-0.39, 0.29) is 0 Å². The van der Waals surface area contributed by atoms with Crippen molar-refractivity contribution in [3.63, 3.8) is 0 Å². The van der Waals surface area contributed by atoms with E-state index < -0.39 is 5.60 Å². The zero-order valence-electron chi connectivity index (χ0n) is 11.8. The quantitative estimate of drug-likeness (QED) is 0.787. The highest BCUT2D eigenvalue weighted by Gasteiger charge is 2.39. The first-order chi connectivity index (χ1) is 8.53. The van der Waals surface area contributed by atoms with E-state index in [4.69, 9.17) is 10.5 Å². The summed E-state index contributed by atoms with van der Waals surface area (Å²) in [6.45, 7) is 7.76. The molecule has 2 rings (SSSR count). The topological polar surface area (TPSA) is 58.7 Å². The van der Waals surface area contributed by atoms with Gasteiger partial charge in [-0.05, 0) is 45.6 Å². The molecule has 1 aliphatic carbocycles. The normalized spacial score (nSPS) is 42.3. The summed E-state index contributed by atoms with van der Waals surface area (Å²) in [5.74, 6) is 0.385. The molecule has 4 atom stereocenters. The van der Waals surface area contributed by atoms with Crippen molar-refractivity contribution in [2.24, 2.45) is 11.7 Å². The second-order valence-electron chi connectivity index (χ2n) is 6.20. The Kier molecular flexibility index (Phi) is 4.64. The van der Waals surface area contributed by atoms with Crippen molar-refractivity contribution in [1.82, 2.24) is 4.90 Å². The zero-order chi connectivity index (χ0) is 13.2. The monoisotopic (exact) mass is 256 g/mol. The molecule has 2 unspecified atom stereocenters. The van der Waals surface area contributed by atoms with Crippen molar-refractivity contribution in [3.05, 3.63) is 0 Å². The van der Waals surface area contributed by atoms with E-state index in [1.165, 1.54) is 0 Å². The average molecular weight is 256 g/mol. The summed E-state index contributed by atoms with van der Waals surface area (Å²) < 4.78 is 5.74. The number of morpholine rings is 1. The molecule has 1 saturated heterocycles. The largest absolute Gasteiger partial charge is 0.388 e. The van der Waals surface area contributed by atoms with Crippen LogP contribution in [0.1, 0.15) is 39.5 Å². The van der Waals surface area contributed by atoms with Gasteiger partial charge in [-0.15, -0.1) is 0 Å². The van der Waals surface area contributed by atoms with Gasteiger partial charge < -0.3 is 15.6 Å². The van der Waals surface area contributed by atoms with Gasteiger partial charge in [0.15, 0.2) is 0 Å². The van der Waals surface area contributed by atoms with Gasteiger partial charge in [-0.25, -0.2) is 0 Å². The summed E-state index contributed by atoms with van der Waals surface area (Å²) >= 11 is 0. The van der Waals surface area contributed by atoms with Gasteiger partial charge >= 0.3 is 0 Å². The highest BCUT2D eigenvalue weighted by molar-refractivity contribution is 4.93. The van der Waals surface area contributed by atoms with Crippen molar-refractivity contribution >= 4 is 0 Å². The molecule has 106 valence electrons. The van der Waals surface area contributed by atoms with Gasteiger partial charge in [0, 0.05) is 19.6 Å². The molecule has 3 N–H and O–H groups in total. The Labute approximate surface area is 110 Å². The predicted molar refractivity (Wildman–Crippen MR) is 72.4 cm³/mol. The number of nitrogens with zero attached hydrogens (tertiary/aromatic N) is 1. The smallest absolute Gasteiger partial charge is 0.0797 e. The standard InChI is InChI=1S/C14H28N2O2/c1-11-8-16(9-12(2)18-11)7-5-13-4-3-6-14(13,17)10-15/h11-13,17H,3-10,15H2,1-2H3/t11-,12+,13?,14?. The van der Waals surface area contributed by atoms with Gasteiger partial charge in [-0.3, -0.25) is 4.90 Å². The van der Waals surface area contributed by atoms with Crippen molar-refractivity contribution in [1.29, 1.82) is 0 Å². The Bertz CT molecular complexity index is 265. The van der Waals surface area contributed by atoms with E-state index >= 15 is 0 Å². The number of hydrogen-bond donors (Lipinski definition) is 2.